The highest BCUT2D eigenvalue weighted by molar-refractivity contribution is 6.48. The molecule has 138 valence electrons. The van der Waals surface area contributed by atoms with Crippen LogP contribution in [0.4, 0.5) is 0 Å². The predicted molar refractivity (Wildman–Crippen MR) is 92.0 cm³/mol. The van der Waals surface area contributed by atoms with Crippen molar-refractivity contribution in [3.05, 3.63) is 23.0 Å². The fourth-order valence-electron chi connectivity index (χ4n) is 2.84. The number of aromatic hydroxyl groups is 1. The van der Waals surface area contributed by atoms with Crippen molar-refractivity contribution in [1.29, 1.82) is 0 Å². The van der Waals surface area contributed by atoms with E-state index in [1.807, 2.05) is 27.7 Å². The molecule has 0 amide bonds. The van der Waals surface area contributed by atoms with Gasteiger partial charge in [0.25, 0.3) is 0 Å². The van der Waals surface area contributed by atoms with Gasteiger partial charge in [0.05, 0.1) is 37.0 Å². The molecule has 0 radical (unpaired) electrons. The molecule has 0 spiro atoms. The highest BCUT2D eigenvalue weighted by Crippen LogP contribution is 2.44. The Bertz CT molecular complexity index is 645. The molecular formula is C17H26BNO6. The molecule has 0 saturated carbocycles. The smallest absolute Gasteiger partial charge is 0.466 e. The molecule has 1 saturated heterocycles. The Balaban J connectivity index is 2.52. The molecule has 8 heteroatoms. The van der Waals surface area contributed by atoms with Crippen LogP contribution in [0.5, 0.6) is 5.75 Å². The predicted octanol–water partition coefficient (Wildman–Crippen LogP) is 1.87. The van der Waals surface area contributed by atoms with Gasteiger partial charge in [-0.2, -0.15) is 0 Å². The zero-order valence-electron chi connectivity index (χ0n) is 15.6. The van der Waals surface area contributed by atoms with E-state index in [1.54, 1.807) is 6.92 Å². The summed E-state index contributed by atoms with van der Waals surface area (Å²) in [7, 11) is 0.524. The number of nitrogens with zero attached hydrogens (tertiary/aromatic N) is 1. The number of aliphatic hydroxyl groups is 1. The topological polar surface area (TPSA) is 98.1 Å². The van der Waals surface area contributed by atoms with E-state index in [1.165, 1.54) is 13.3 Å². The lowest BCUT2D eigenvalue weighted by Gasteiger charge is -2.32. The number of ether oxygens (including phenoxy) is 1. The molecule has 0 aliphatic carbocycles. The number of rotatable bonds is 5. The first kappa shape index (κ1) is 19.7. The van der Waals surface area contributed by atoms with Gasteiger partial charge in [-0.1, -0.05) is 0 Å². The summed E-state index contributed by atoms with van der Waals surface area (Å²) in [6.45, 7) is 8.96. The van der Waals surface area contributed by atoms with Crippen molar-refractivity contribution in [1.82, 2.24) is 4.98 Å². The van der Waals surface area contributed by atoms with Crippen molar-refractivity contribution >= 4 is 13.1 Å². The third-order valence-electron chi connectivity index (χ3n) is 5.11. The first-order valence-electron chi connectivity index (χ1n) is 8.24. The molecule has 0 aromatic carbocycles. The van der Waals surface area contributed by atoms with Crippen LogP contribution < -0.4 is 0 Å². The number of aliphatic hydroxyl groups excluding tert-OH is 1. The van der Waals surface area contributed by atoms with Crippen molar-refractivity contribution in [3.8, 4) is 5.75 Å². The molecule has 0 bridgehead atoms. The van der Waals surface area contributed by atoms with Gasteiger partial charge in [-0.05, 0) is 34.6 Å². The number of carbonyl (C=O) groups is 1. The maximum atomic E-state index is 12.0. The maximum Gasteiger partial charge on any atom is 0.466 e. The van der Waals surface area contributed by atoms with Crippen molar-refractivity contribution in [2.24, 2.45) is 0 Å². The lowest BCUT2D eigenvalue weighted by molar-refractivity contribution is -0.140. The van der Waals surface area contributed by atoms with Gasteiger partial charge in [-0.25, -0.2) is 0 Å². The van der Waals surface area contributed by atoms with Gasteiger partial charge < -0.3 is 24.3 Å². The first-order valence-corrected chi connectivity index (χ1v) is 8.24. The highest BCUT2D eigenvalue weighted by Gasteiger charge is 2.55. The summed E-state index contributed by atoms with van der Waals surface area (Å²) >= 11 is 0. The third kappa shape index (κ3) is 3.66. The second-order valence-corrected chi connectivity index (χ2v) is 7.30. The van der Waals surface area contributed by atoms with E-state index < -0.39 is 30.1 Å². The van der Waals surface area contributed by atoms with Crippen LogP contribution in [0, 0.1) is 6.92 Å². The molecule has 1 aromatic rings. The second-order valence-electron chi connectivity index (χ2n) is 7.30. The van der Waals surface area contributed by atoms with Crippen LogP contribution in [0.3, 0.4) is 0 Å². The summed E-state index contributed by atoms with van der Waals surface area (Å²) in [6, 6.07) is 0. The van der Waals surface area contributed by atoms with E-state index in [2.05, 4.69) is 4.98 Å². The molecule has 2 rings (SSSR count). The second kappa shape index (κ2) is 6.94. The highest BCUT2D eigenvalue weighted by atomic mass is 16.7. The van der Waals surface area contributed by atoms with Gasteiger partial charge in [-0.15, -0.1) is 0 Å². The normalized spacial score (nSPS) is 19.7. The number of aryl methyl sites for hydroxylation is 1. The number of hydrogen-bond acceptors (Lipinski definition) is 7. The standard InChI is InChI=1S/C17H26BNO6/c1-10-15(22)14(11(9-20)8-19-10)12(7-13(21)23-6)18-24-16(2,3)17(4,5)25-18/h8,12,20,22H,7,9H2,1-6H3. The third-order valence-corrected chi connectivity index (χ3v) is 5.11. The van der Waals surface area contributed by atoms with Crippen molar-refractivity contribution in [3.63, 3.8) is 0 Å². The number of hydrogen-bond donors (Lipinski definition) is 2. The Morgan fingerprint density at radius 1 is 1.32 bits per heavy atom. The summed E-state index contributed by atoms with van der Waals surface area (Å²) in [5.41, 5.74) is 0.0378. The zero-order chi connectivity index (χ0) is 19.0. The summed E-state index contributed by atoms with van der Waals surface area (Å²) in [4.78, 5) is 16.0. The van der Waals surface area contributed by atoms with E-state index in [-0.39, 0.29) is 18.8 Å². The SMILES string of the molecule is COC(=O)CC(B1OC(C)(C)C(C)(C)O1)c1c(CO)cnc(C)c1O. The number of carbonyl (C=O) groups excluding carboxylic acids is 1. The van der Waals surface area contributed by atoms with Crippen LogP contribution >= 0.6 is 0 Å². The van der Waals surface area contributed by atoms with Crippen LogP contribution in [0.15, 0.2) is 6.20 Å². The van der Waals surface area contributed by atoms with E-state index in [0.717, 1.165) is 0 Å². The van der Waals surface area contributed by atoms with E-state index in [0.29, 0.717) is 16.8 Å². The van der Waals surface area contributed by atoms with Crippen LogP contribution in [0.25, 0.3) is 0 Å². The fourth-order valence-corrected chi connectivity index (χ4v) is 2.84. The molecule has 1 aromatic heterocycles. The quantitative estimate of drug-likeness (QED) is 0.617. The summed E-state index contributed by atoms with van der Waals surface area (Å²) < 4.78 is 17.0. The minimum atomic E-state index is -0.776. The molecule has 7 nitrogen and oxygen atoms in total. The van der Waals surface area contributed by atoms with Gasteiger partial charge in [0.2, 0.25) is 0 Å². The van der Waals surface area contributed by atoms with Crippen molar-refractivity contribution in [2.75, 3.05) is 7.11 Å². The Kier molecular flexibility index (Phi) is 5.46. The molecule has 1 atom stereocenters. The van der Waals surface area contributed by atoms with E-state index in [9.17, 15) is 15.0 Å². The molecule has 1 unspecified atom stereocenters. The maximum absolute atomic E-state index is 12.0. The van der Waals surface area contributed by atoms with Gasteiger partial charge >= 0.3 is 13.1 Å². The van der Waals surface area contributed by atoms with Crippen LogP contribution in [-0.2, 0) is 25.4 Å². The van der Waals surface area contributed by atoms with E-state index >= 15 is 0 Å². The Labute approximate surface area is 148 Å². The van der Waals surface area contributed by atoms with Gasteiger partial charge in [0.15, 0.2) is 0 Å². The summed E-state index contributed by atoms with van der Waals surface area (Å²) in [6.07, 6.45) is 1.43. The fraction of sp³-hybridized carbons (Fsp3) is 0.647. The monoisotopic (exact) mass is 351 g/mol. The number of pyridine rings is 1. The van der Waals surface area contributed by atoms with E-state index in [4.69, 9.17) is 14.0 Å². The molecule has 1 fully saturated rings. The lowest BCUT2D eigenvalue weighted by Crippen LogP contribution is -2.41. The molecule has 1 aliphatic rings. The molecule has 1 aliphatic heterocycles. The molecule has 2 heterocycles. The van der Waals surface area contributed by atoms with Gasteiger partial charge in [0, 0.05) is 23.1 Å². The lowest BCUT2D eigenvalue weighted by atomic mass is 9.65. The van der Waals surface area contributed by atoms with Crippen molar-refractivity contribution < 1.29 is 29.1 Å². The number of aromatic nitrogens is 1. The largest absolute Gasteiger partial charge is 0.506 e. The minimum Gasteiger partial charge on any atom is -0.506 e. The van der Waals surface area contributed by atoms with Crippen LogP contribution in [0.2, 0.25) is 0 Å². The molecule has 2 N–H and O–H groups in total. The van der Waals surface area contributed by atoms with Crippen LogP contribution in [0.1, 0.15) is 56.8 Å². The zero-order valence-corrected chi connectivity index (χ0v) is 15.6. The summed E-state index contributed by atoms with van der Waals surface area (Å²) in [5.74, 6) is -1.18. The Morgan fingerprint density at radius 3 is 2.36 bits per heavy atom. The number of esters is 1. The summed E-state index contributed by atoms with van der Waals surface area (Å²) in [5, 5.41) is 20.2. The molecular weight excluding hydrogens is 325 g/mol. The van der Waals surface area contributed by atoms with Gasteiger partial charge in [0.1, 0.15) is 5.75 Å². The van der Waals surface area contributed by atoms with Gasteiger partial charge in [-0.3, -0.25) is 9.78 Å². The molecule has 25 heavy (non-hydrogen) atoms. The average Bonchev–Trinajstić information content (AvgIpc) is 2.75. The minimum absolute atomic E-state index is 0.0582. The van der Waals surface area contributed by atoms with Crippen molar-refractivity contribution in [2.45, 2.75) is 64.7 Å². The number of methoxy groups -OCH3 is 1. The average molecular weight is 351 g/mol. The first-order chi connectivity index (χ1) is 11.5. The van der Waals surface area contributed by atoms with Crippen LogP contribution in [-0.4, -0.2) is 46.6 Å². The Morgan fingerprint density at radius 2 is 1.88 bits per heavy atom. The Hall–Kier alpha value is -1.64.